The summed E-state index contributed by atoms with van der Waals surface area (Å²) < 4.78 is 11.8. The number of nitrogens with one attached hydrogen (secondary N) is 1. The first-order chi connectivity index (χ1) is 13.8. The van der Waals surface area contributed by atoms with E-state index in [1.54, 1.807) is 7.11 Å². The van der Waals surface area contributed by atoms with Gasteiger partial charge in [0.2, 0.25) is 0 Å². The first kappa shape index (κ1) is 24.8. The number of nitrogens with zero attached hydrogens (tertiary/aromatic N) is 1. The van der Waals surface area contributed by atoms with Gasteiger partial charge in [-0.15, -0.1) is 24.8 Å². The molecule has 1 aliphatic heterocycles. The lowest BCUT2D eigenvalue weighted by Crippen LogP contribution is -2.46. The Balaban J connectivity index is 0.00000160. The van der Waals surface area contributed by atoms with Crippen molar-refractivity contribution in [3.63, 3.8) is 0 Å². The van der Waals surface area contributed by atoms with Crippen molar-refractivity contribution < 1.29 is 9.47 Å². The zero-order valence-electron chi connectivity index (χ0n) is 17.7. The third-order valence-electron chi connectivity index (χ3n) is 6.16. The summed E-state index contributed by atoms with van der Waals surface area (Å²) in [7, 11) is 1.74. The normalized spacial score (nSPS) is 18.2. The number of methoxy groups -OCH3 is 1. The molecule has 1 atom stereocenters. The molecule has 0 aromatic heterocycles. The molecule has 0 radical (unpaired) electrons. The van der Waals surface area contributed by atoms with E-state index in [2.05, 4.69) is 40.5 Å². The van der Waals surface area contributed by atoms with E-state index in [9.17, 15) is 0 Å². The Kier molecular flexibility index (Phi) is 10.3. The quantitative estimate of drug-likeness (QED) is 0.621. The molecular weight excluding hydrogens is 419 g/mol. The number of benzene rings is 2. The highest BCUT2D eigenvalue weighted by atomic mass is 35.5. The average Bonchev–Trinajstić information content (AvgIpc) is 3.28. The van der Waals surface area contributed by atoms with Crippen molar-refractivity contribution in [2.24, 2.45) is 5.92 Å². The fraction of sp³-hybridized carbons (Fsp3) is 0.500. The van der Waals surface area contributed by atoms with E-state index in [-0.39, 0.29) is 24.8 Å². The summed E-state index contributed by atoms with van der Waals surface area (Å²) in [6.45, 7) is 4.96. The summed E-state index contributed by atoms with van der Waals surface area (Å²) in [5, 5.41) is 3.49. The van der Waals surface area contributed by atoms with Gasteiger partial charge in [-0.25, -0.2) is 0 Å². The van der Waals surface area contributed by atoms with Gasteiger partial charge in [0.25, 0.3) is 0 Å². The summed E-state index contributed by atoms with van der Waals surface area (Å²) in [6.07, 6.45) is 5.40. The van der Waals surface area contributed by atoms with Gasteiger partial charge >= 0.3 is 0 Å². The van der Waals surface area contributed by atoms with Gasteiger partial charge in [-0.3, -0.25) is 4.90 Å². The van der Waals surface area contributed by atoms with Crippen LogP contribution in [0.1, 0.15) is 42.9 Å². The van der Waals surface area contributed by atoms with Crippen molar-refractivity contribution in [3.8, 4) is 11.5 Å². The van der Waals surface area contributed by atoms with E-state index in [1.807, 2.05) is 18.2 Å². The molecule has 1 heterocycles. The predicted octanol–water partition coefficient (Wildman–Crippen LogP) is 5.25. The highest BCUT2D eigenvalue weighted by Gasteiger charge is 2.32. The maximum Gasteiger partial charge on any atom is 0.161 e. The lowest BCUT2D eigenvalue weighted by molar-refractivity contribution is 0.125. The minimum atomic E-state index is 0. The Morgan fingerprint density at radius 3 is 2.33 bits per heavy atom. The van der Waals surface area contributed by atoms with Gasteiger partial charge in [0, 0.05) is 32.2 Å². The van der Waals surface area contributed by atoms with Gasteiger partial charge in [0.15, 0.2) is 11.5 Å². The maximum atomic E-state index is 6.07. The summed E-state index contributed by atoms with van der Waals surface area (Å²) >= 11 is 0. The second-order valence-electron chi connectivity index (χ2n) is 7.96. The third kappa shape index (κ3) is 6.04. The van der Waals surface area contributed by atoms with Crippen LogP contribution in [0.2, 0.25) is 0 Å². The average molecular weight is 453 g/mol. The van der Waals surface area contributed by atoms with Crippen molar-refractivity contribution in [1.29, 1.82) is 0 Å². The van der Waals surface area contributed by atoms with E-state index in [4.69, 9.17) is 9.47 Å². The molecule has 6 heteroatoms. The second-order valence-corrected chi connectivity index (χ2v) is 7.96. The van der Waals surface area contributed by atoms with E-state index >= 15 is 0 Å². The molecule has 0 amide bonds. The van der Waals surface area contributed by atoms with Gasteiger partial charge in [0.05, 0.1) is 7.11 Å². The van der Waals surface area contributed by atoms with Gasteiger partial charge < -0.3 is 14.8 Å². The predicted molar refractivity (Wildman–Crippen MR) is 127 cm³/mol. The Bertz CT molecular complexity index is 748. The smallest absolute Gasteiger partial charge is 0.161 e. The Morgan fingerprint density at radius 1 is 0.967 bits per heavy atom. The number of halogens is 2. The molecular formula is C24H34Cl2N2O2. The second kappa shape index (κ2) is 12.4. The Labute approximate surface area is 193 Å². The largest absolute Gasteiger partial charge is 0.493 e. The molecule has 1 saturated heterocycles. The minimum absolute atomic E-state index is 0. The molecule has 1 saturated carbocycles. The standard InChI is InChI=1S/C24H32N2O2.2ClH/c1-27-23-17-21(11-12-22(23)28-18-19-7-3-2-4-8-19)24(20-9-5-6-10-20)26-15-13-25-14-16-26;;/h2-4,7-8,11-12,17,20,24-25H,5-6,9-10,13-16,18H2,1H3;2*1H/t24-;;/m0../s1. The van der Waals surface area contributed by atoms with Crippen LogP contribution in [0.3, 0.4) is 0 Å². The maximum absolute atomic E-state index is 6.07. The number of ether oxygens (including phenoxy) is 2. The summed E-state index contributed by atoms with van der Waals surface area (Å²) in [5.41, 5.74) is 2.54. The molecule has 2 aliphatic rings. The molecule has 1 N–H and O–H groups in total. The van der Waals surface area contributed by atoms with Crippen LogP contribution in [0.25, 0.3) is 0 Å². The van der Waals surface area contributed by atoms with Crippen molar-refractivity contribution in [2.75, 3.05) is 33.3 Å². The molecule has 4 nitrogen and oxygen atoms in total. The van der Waals surface area contributed by atoms with Crippen LogP contribution < -0.4 is 14.8 Å². The first-order valence-electron chi connectivity index (χ1n) is 10.6. The van der Waals surface area contributed by atoms with Crippen LogP contribution >= 0.6 is 24.8 Å². The highest BCUT2D eigenvalue weighted by molar-refractivity contribution is 5.85. The number of piperazine rings is 1. The number of hydrogen-bond donors (Lipinski definition) is 1. The molecule has 0 spiro atoms. The van der Waals surface area contributed by atoms with Crippen LogP contribution in [0, 0.1) is 5.92 Å². The molecule has 1 aliphatic carbocycles. The fourth-order valence-corrected chi connectivity index (χ4v) is 4.74. The lowest BCUT2D eigenvalue weighted by Gasteiger charge is -2.38. The van der Waals surface area contributed by atoms with Gasteiger partial charge in [-0.05, 0) is 42.0 Å². The molecule has 2 aromatic rings. The van der Waals surface area contributed by atoms with E-state index in [1.165, 1.54) is 36.8 Å². The van der Waals surface area contributed by atoms with Crippen molar-refractivity contribution >= 4 is 24.8 Å². The molecule has 2 fully saturated rings. The fourth-order valence-electron chi connectivity index (χ4n) is 4.74. The van der Waals surface area contributed by atoms with Crippen LogP contribution in [0.5, 0.6) is 11.5 Å². The third-order valence-corrected chi connectivity index (χ3v) is 6.16. The van der Waals surface area contributed by atoms with Crippen LogP contribution in [-0.4, -0.2) is 38.2 Å². The van der Waals surface area contributed by atoms with Gasteiger partial charge in [-0.2, -0.15) is 0 Å². The zero-order chi connectivity index (χ0) is 19.2. The van der Waals surface area contributed by atoms with Crippen molar-refractivity contribution in [3.05, 3.63) is 59.7 Å². The minimum Gasteiger partial charge on any atom is -0.493 e. The van der Waals surface area contributed by atoms with Crippen LogP contribution in [0.15, 0.2) is 48.5 Å². The molecule has 0 bridgehead atoms. The Hall–Kier alpha value is -1.46. The molecule has 0 unspecified atom stereocenters. The van der Waals surface area contributed by atoms with Crippen LogP contribution in [-0.2, 0) is 6.61 Å². The molecule has 2 aromatic carbocycles. The van der Waals surface area contributed by atoms with E-state index in [0.29, 0.717) is 12.6 Å². The highest BCUT2D eigenvalue weighted by Crippen LogP contribution is 2.42. The summed E-state index contributed by atoms with van der Waals surface area (Å²) in [6, 6.07) is 17.3. The summed E-state index contributed by atoms with van der Waals surface area (Å²) in [4.78, 5) is 2.67. The monoisotopic (exact) mass is 452 g/mol. The topological polar surface area (TPSA) is 33.7 Å². The lowest BCUT2D eigenvalue weighted by atomic mass is 9.89. The number of hydrogen-bond acceptors (Lipinski definition) is 4. The zero-order valence-corrected chi connectivity index (χ0v) is 19.4. The molecule has 30 heavy (non-hydrogen) atoms. The van der Waals surface area contributed by atoms with E-state index < -0.39 is 0 Å². The van der Waals surface area contributed by atoms with Gasteiger partial charge in [-0.1, -0.05) is 49.2 Å². The van der Waals surface area contributed by atoms with Crippen LogP contribution in [0.4, 0.5) is 0 Å². The van der Waals surface area contributed by atoms with Crippen molar-refractivity contribution in [2.45, 2.75) is 38.3 Å². The summed E-state index contributed by atoms with van der Waals surface area (Å²) in [5.74, 6) is 2.41. The van der Waals surface area contributed by atoms with E-state index in [0.717, 1.165) is 43.6 Å². The number of rotatable bonds is 7. The SMILES string of the molecule is COc1cc([C@H](C2CCCC2)N2CCNCC2)ccc1OCc1ccccc1.Cl.Cl. The first-order valence-corrected chi connectivity index (χ1v) is 10.6. The van der Waals surface area contributed by atoms with Gasteiger partial charge in [0.1, 0.15) is 6.61 Å². The Morgan fingerprint density at radius 2 is 1.67 bits per heavy atom. The van der Waals surface area contributed by atoms with Crippen molar-refractivity contribution in [1.82, 2.24) is 10.2 Å². The molecule has 4 rings (SSSR count). The molecule has 166 valence electrons.